The van der Waals surface area contributed by atoms with Gasteiger partial charge in [-0.3, -0.25) is 4.40 Å². The molecule has 0 fully saturated rings. The Hall–Kier alpha value is -1.42. The van der Waals surface area contributed by atoms with E-state index in [1.807, 2.05) is 28.8 Å². The minimum Gasteiger partial charge on any atom is -0.305 e. The SMILES string of the molecule is CCC[C@@H](C)N[C@H](C)c1nnc2ccccn12. The van der Waals surface area contributed by atoms with Gasteiger partial charge in [0, 0.05) is 12.2 Å². The van der Waals surface area contributed by atoms with Crippen molar-refractivity contribution in [2.45, 2.75) is 45.7 Å². The number of hydrogen-bond acceptors (Lipinski definition) is 3. The van der Waals surface area contributed by atoms with Crippen molar-refractivity contribution in [3.05, 3.63) is 30.2 Å². The standard InChI is InChI=1S/C13H20N4/c1-4-7-10(2)14-11(3)13-16-15-12-8-5-6-9-17(12)13/h5-6,8-11,14H,4,7H2,1-3H3/t10-,11-/m1/s1. The fourth-order valence-electron chi connectivity index (χ4n) is 2.17. The molecule has 2 atom stereocenters. The number of rotatable bonds is 5. The van der Waals surface area contributed by atoms with Crippen molar-refractivity contribution in [2.24, 2.45) is 0 Å². The van der Waals surface area contributed by atoms with Gasteiger partial charge in [0.1, 0.15) is 0 Å². The van der Waals surface area contributed by atoms with E-state index in [4.69, 9.17) is 0 Å². The highest BCUT2D eigenvalue weighted by Gasteiger charge is 2.14. The largest absolute Gasteiger partial charge is 0.305 e. The Balaban J connectivity index is 2.16. The highest BCUT2D eigenvalue weighted by Crippen LogP contribution is 2.13. The number of nitrogens with one attached hydrogen (secondary N) is 1. The van der Waals surface area contributed by atoms with Crippen LogP contribution in [0, 0.1) is 0 Å². The van der Waals surface area contributed by atoms with Crippen LogP contribution >= 0.6 is 0 Å². The van der Waals surface area contributed by atoms with Gasteiger partial charge in [0.05, 0.1) is 6.04 Å². The number of hydrogen-bond donors (Lipinski definition) is 1. The molecule has 92 valence electrons. The van der Waals surface area contributed by atoms with Crippen molar-refractivity contribution in [3.63, 3.8) is 0 Å². The number of fused-ring (bicyclic) bond motifs is 1. The van der Waals surface area contributed by atoms with Crippen LogP contribution in [0.3, 0.4) is 0 Å². The Kier molecular flexibility index (Phi) is 3.74. The molecule has 0 saturated carbocycles. The lowest BCUT2D eigenvalue weighted by molar-refractivity contribution is 0.438. The number of pyridine rings is 1. The van der Waals surface area contributed by atoms with E-state index < -0.39 is 0 Å². The molecule has 2 rings (SSSR count). The summed E-state index contributed by atoms with van der Waals surface area (Å²) >= 11 is 0. The average molecular weight is 232 g/mol. The van der Waals surface area contributed by atoms with Crippen LogP contribution in [0.1, 0.15) is 45.5 Å². The minimum atomic E-state index is 0.217. The summed E-state index contributed by atoms with van der Waals surface area (Å²) in [5, 5.41) is 12.0. The molecule has 0 saturated heterocycles. The first kappa shape index (κ1) is 12.0. The van der Waals surface area contributed by atoms with Gasteiger partial charge in [-0.2, -0.15) is 0 Å². The summed E-state index contributed by atoms with van der Waals surface area (Å²) in [5.41, 5.74) is 0.902. The molecule has 2 heterocycles. The van der Waals surface area contributed by atoms with E-state index in [2.05, 4.69) is 36.3 Å². The fourth-order valence-corrected chi connectivity index (χ4v) is 2.17. The molecule has 0 bridgehead atoms. The van der Waals surface area contributed by atoms with Crippen molar-refractivity contribution in [1.82, 2.24) is 19.9 Å². The summed E-state index contributed by atoms with van der Waals surface area (Å²) in [6.45, 7) is 6.55. The molecule has 2 aromatic heterocycles. The van der Waals surface area contributed by atoms with Gasteiger partial charge in [-0.05, 0) is 32.4 Å². The monoisotopic (exact) mass is 232 g/mol. The van der Waals surface area contributed by atoms with Crippen LogP contribution in [0.15, 0.2) is 24.4 Å². The maximum Gasteiger partial charge on any atom is 0.160 e. The smallest absolute Gasteiger partial charge is 0.160 e. The van der Waals surface area contributed by atoms with Gasteiger partial charge < -0.3 is 5.32 Å². The zero-order valence-electron chi connectivity index (χ0n) is 10.7. The van der Waals surface area contributed by atoms with E-state index in [1.54, 1.807) is 0 Å². The second kappa shape index (κ2) is 5.27. The maximum atomic E-state index is 4.26. The molecule has 4 nitrogen and oxygen atoms in total. The molecule has 2 aromatic rings. The lowest BCUT2D eigenvalue weighted by Gasteiger charge is -2.18. The lowest BCUT2D eigenvalue weighted by atomic mass is 10.1. The summed E-state index contributed by atoms with van der Waals surface area (Å²) in [7, 11) is 0. The average Bonchev–Trinajstić information content (AvgIpc) is 2.72. The van der Waals surface area contributed by atoms with Gasteiger partial charge >= 0.3 is 0 Å². The normalized spacial score (nSPS) is 15.0. The van der Waals surface area contributed by atoms with Crippen LogP contribution in [-0.4, -0.2) is 20.6 Å². The Morgan fingerprint density at radius 1 is 1.29 bits per heavy atom. The van der Waals surface area contributed by atoms with Crippen LogP contribution < -0.4 is 5.32 Å². The molecule has 0 aliphatic carbocycles. The molecule has 0 radical (unpaired) electrons. The summed E-state index contributed by atoms with van der Waals surface area (Å²) in [4.78, 5) is 0. The third-order valence-electron chi connectivity index (χ3n) is 2.98. The van der Waals surface area contributed by atoms with E-state index >= 15 is 0 Å². The van der Waals surface area contributed by atoms with Crippen molar-refractivity contribution >= 4 is 5.65 Å². The van der Waals surface area contributed by atoms with Gasteiger partial charge in [0.25, 0.3) is 0 Å². The van der Waals surface area contributed by atoms with Crippen LogP contribution in [0.25, 0.3) is 5.65 Å². The predicted molar refractivity (Wildman–Crippen MR) is 68.9 cm³/mol. The molecule has 0 amide bonds. The molecule has 1 N–H and O–H groups in total. The second-order valence-electron chi connectivity index (χ2n) is 4.57. The molecule has 17 heavy (non-hydrogen) atoms. The van der Waals surface area contributed by atoms with Crippen LogP contribution in [0.4, 0.5) is 0 Å². The quantitative estimate of drug-likeness (QED) is 0.861. The van der Waals surface area contributed by atoms with Crippen LogP contribution in [-0.2, 0) is 0 Å². The van der Waals surface area contributed by atoms with Crippen LogP contribution in [0.2, 0.25) is 0 Å². The third-order valence-corrected chi connectivity index (χ3v) is 2.98. The summed E-state index contributed by atoms with van der Waals surface area (Å²) < 4.78 is 2.04. The van der Waals surface area contributed by atoms with E-state index in [0.717, 1.165) is 11.5 Å². The van der Waals surface area contributed by atoms with E-state index in [9.17, 15) is 0 Å². The summed E-state index contributed by atoms with van der Waals surface area (Å²) in [5.74, 6) is 0.976. The zero-order chi connectivity index (χ0) is 12.3. The van der Waals surface area contributed by atoms with Gasteiger partial charge in [0.2, 0.25) is 0 Å². The molecular weight excluding hydrogens is 212 g/mol. The summed E-state index contributed by atoms with van der Waals surface area (Å²) in [6.07, 6.45) is 4.38. The number of aromatic nitrogens is 3. The first-order valence-electron chi connectivity index (χ1n) is 6.28. The molecule has 4 heteroatoms. The van der Waals surface area contributed by atoms with Crippen LogP contribution in [0.5, 0.6) is 0 Å². The molecule has 0 aliphatic rings. The molecule has 0 aromatic carbocycles. The van der Waals surface area contributed by atoms with Gasteiger partial charge in [0.15, 0.2) is 11.5 Å². The molecule has 0 unspecified atom stereocenters. The molecule has 0 aliphatic heterocycles. The van der Waals surface area contributed by atoms with E-state index in [-0.39, 0.29) is 6.04 Å². The Bertz CT molecular complexity index is 477. The Labute approximate surface area is 102 Å². The minimum absolute atomic E-state index is 0.217. The van der Waals surface area contributed by atoms with E-state index in [0.29, 0.717) is 6.04 Å². The van der Waals surface area contributed by atoms with Gasteiger partial charge in [-0.25, -0.2) is 0 Å². The van der Waals surface area contributed by atoms with Crippen molar-refractivity contribution < 1.29 is 0 Å². The zero-order valence-corrected chi connectivity index (χ0v) is 10.7. The summed E-state index contributed by atoms with van der Waals surface area (Å²) in [6, 6.07) is 6.67. The lowest BCUT2D eigenvalue weighted by Crippen LogP contribution is -2.29. The fraction of sp³-hybridized carbons (Fsp3) is 0.538. The topological polar surface area (TPSA) is 42.2 Å². The highest BCUT2D eigenvalue weighted by molar-refractivity contribution is 5.37. The molecular formula is C13H20N4. The molecule has 0 spiro atoms. The van der Waals surface area contributed by atoms with E-state index in [1.165, 1.54) is 12.8 Å². The Morgan fingerprint density at radius 2 is 2.12 bits per heavy atom. The highest BCUT2D eigenvalue weighted by atomic mass is 15.3. The number of nitrogens with zero attached hydrogens (tertiary/aromatic N) is 3. The predicted octanol–water partition coefficient (Wildman–Crippen LogP) is 2.57. The second-order valence-corrected chi connectivity index (χ2v) is 4.57. The van der Waals surface area contributed by atoms with Crippen molar-refractivity contribution in [2.75, 3.05) is 0 Å². The van der Waals surface area contributed by atoms with Crippen molar-refractivity contribution in [3.8, 4) is 0 Å². The van der Waals surface area contributed by atoms with Crippen molar-refractivity contribution in [1.29, 1.82) is 0 Å². The first-order valence-corrected chi connectivity index (χ1v) is 6.28. The Morgan fingerprint density at radius 3 is 2.88 bits per heavy atom. The maximum absolute atomic E-state index is 4.26. The first-order chi connectivity index (χ1) is 8.22. The third kappa shape index (κ3) is 2.64. The van der Waals surface area contributed by atoms with Gasteiger partial charge in [-0.1, -0.05) is 19.4 Å². The van der Waals surface area contributed by atoms with Gasteiger partial charge in [-0.15, -0.1) is 10.2 Å².